The lowest BCUT2D eigenvalue weighted by Crippen LogP contribution is -2.55. The molecule has 2 saturated heterocycles. The van der Waals surface area contributed by atoms with Gasteiger partial charge in [-0.25, -0.2) is 15.4 Å². The Morgan fingerprint density at radius 2 is 1.84 bits per heavy atom. The minimum absolute atomic E-state index is 0.0549. The van der Waals surface area contributed by atoms with Crippen molar-refractivity contribution in [2.24, 2.45) is 5.92 Å². The van der Waals surface area contributed by atoms with Gasteiger partial charge in [-0.2, -0.15) is 13.2 Å². The van der Waals surface area contributed by atoms with E-state index in [1.54, 1.807) is 16.7 Å². The summed E-state index contributed by atoms with van der Waals surface area (Å²) in [6.45, 7) is 4.95. The molecule has 0 radical (unpaired) electrons. The minimum Gasteiger partial charge on any atom is -0.379 e. The number of rotatable bonds is 8. The van der Waals surface area contributed by atoms with Crippen LogP contribution in [0.1, 0.15) is 18.9 Å². The Morgan fingerprint density at radius 1 is 1.16 bits per heavy atom. The van der Waals surface area contributed by atoms with Crippen LogP contribution < -0.4 is 15.8 Å². The highest BCUT2D eigenvalue weighted by Crippen LogP contribution is 2.28. The molecule has 2 N–H and O–H groups in total. The molecule has 2 aliphatic heterocycles. The quantitative estimate of drug-likeness (QED) is 0.530. The molecule has 0 saturated carbocycles. The van der Waals surface area contributed by atoms with Crippen molar-refractivity contribution >= 4 is 17.8 Å². The Kier molecular flexibility index (Phi) is 8.21. The second-order valence-electron chi connectivity index (χ2n) is 7.57. The van der Waals surface area contributed by atoms with Crippen LogP contribution in [0.15, 0.2) is 12.4 Å². The van der Waals surface area contributed by atoms with Crippen LogP contribution in [0, 0.1) is 5.92 Å². The van der Waals surface area contributed by atoms with Crippen molar-refractivity contribution in [2.45, 2.75) is 25.6 Å². The summed E-state index contributed by atoms with van der Waals surface area (Å²) in [6.07, 6.45) is -2.94. The summed E-state index contributed by atoms with van der Waals surface area (Å²) in [6, 6.07) is 0. The number of anilines is 1. The largest absolute Gasteiger partial charge is 0.419 e. The van der Waals surface area contributed by atoms with Crippen LogP contribution in [0.4, 0.5) is 19.1 Å². The smallest absolute Gasteiger partial charge is 0.379 e. The summed E-state index contributed by atoms with van der Waals surface area (Å²) in [4.78, 5) is 34.9. The Morgan fingerprint density at radius 3 is 2.50 bits per heavy atom. The number of alkyl halides is 3. The number of carbonyl (C=O) groups is 2. The van der Waals surface area contributed by atoms with E-state index in [1.807, 2.05) is 0 Å². The summed E-state index contributed by atoms with van der Waals surface area (Å²) >= 11 is 0. The molecule has 2 atom stereocenters. The van der Waals surface area contributed by atoms with E-state index in [9.17, 15) is 22.8 Å². The van der Waals surface area contributed by atoms with Crippen molar-refractivity contribution in [3.8, 4) is 0 Å². The zero-order valence-electron chi connectivity index (χ0n) is 17.7. The van der Waals surface area contributed by atoms with E-state index in [2.05, 4.69) is 20.8 Å². The van der Waals surface area contributed by atoms with Crippen molar-refractivity contribution in [1.29, 1.82) is 0 Å². The van der Waals surface area contributed by atoms with Gasteiger partial charge < -0.3 is 19.3 Å². The third-order valence-electron chi connectivity index (χ3n) is 5.39. The fourth-order valence-corrected chi connectivity index (χ4v) is 3.37. The highest BCUT2D eigenvalue weighted by molar-refractivity contribution is 5.79. The maximum Gasteiger partial charge on any atom is 0.419 e. The lowest BCUT2D eigenvalue weighted by Gasteiger charge is -2.34. The molecule has 2 amide bonds. The van der Waals surface area contributed by atoms with Crippen molar-refractivity contribution in [1.82, 2.24) is 25.7 Å². The van der Waals surface area contributed by atoms with E-state index < -0.39 is 11.7 Å². The number of halogens is 3. The van der Waals surface area contributed by atoms with Crippen LogP contribution in [-0.2, 0) is 25.2 Å². The topological polar surface area (TPSA) is 109 Å². The normalized spacial score (nSPS) is 22.1. The Bertz CT molecular complexity index is 771. The maximum absolute atomic E-state index is 12.6. The van der Waals surface area contributed by atoms with Gasteiger partial charge in [0.05, 0.1) is 43.8 Å². The summed E-state index contributed by atoms with van der Waals surface area (Å²) in [7, 11) is 0. The molecule has 1 aromatic heterocycles. The van der Waals surface area contributed by atoms with Crippen LogP contribution in [0.5, 0.6) is 0 Å². The third kappa shape index (κ3) is 6.50. The van der Waals surface area contributed by atoms with Gasteiger partial charge in [0, 0.05) is 45.1 Å². The van der Waals surface area contributed by atoms with E-state index in [0.717, 1.165) is 12.4 Å². The first-order chi connectivity index (χ1) is 15.3. The van der Waals surface area contributed by atoms with E-state index in [-0.39, 0.29) is 42.8 Å². The second-order valence-corrected chi connectivity index (χ2v) is 7.57. The van der Waals surface area contributed by atoms with Crippen molar-refractivity contribution < 1.29 is 32.2 Å². The molecule has 0 aliphatic carbocycles. The molecular weight excluding hydrogens is 433 g/mol. The number of hydrazine groups is 1. The molecule has 3 rings (SSSR count). The SMILES string of the molecule is CC1C(=O)NNCC1OCCOCCC(=O)N1CCN(c2ncc(C(F)(F)F)cn2)CC1. The van der Waals surface area contributed by atoms with Crippen molar-refractivity contribution in [3.63, 3.8) is 0 Å². The number of ether oxygens (including phenoxy) is 2. The van der Waals surface area contributed by atoms with Gasteiger partial charge in [0.25, 0.3) is 0 Å². The van der Waals surface area contributed by atoms with E-state index in [4.69, 9.17) is 9.47 Å². The van der Waals surface area contributed by atoms with Gasteiger partial charge in [0.2, 0.25) is 17.8 Å². The first kappa shape index (κ1) is 24.1. The standard InChI is InChI=1S/C19H27F3N6O4/c1-13-15(12-25-26-17(13)30)32-9-8-31-7-2-16(29)27-3-5-28(6-4-27)18-23-10-14(11-24-18)19(20,21)22/h10-11,13,15,25H,2-9,12H2,1H3,(H,26,30). The monoisotopic (exact) mass is 460 g/mol. The van der Waals surface area contributed by atoms with Gasteiger partial charge in [-0.15, -0.1) is 0 Å². The van der Waals surface area contributed by atoms with Gasteiger partial charge in [-0.1, -0.05) is 6.92 Å². The molecule has 32 heavy (non-hydrogen) atoms. The summed E-state index contributed by atoms with van der Waals surface area (Å²) in [5, 5.41) is 0. The molecule has 2 unspecified atom stereocenters. The lowest BCUT2D eigenvalue weighted by molar-refractivity contribution is -0.138. The van der Waals surface area contributed by atoms with Crippen molar-refractivity contribution in [3.05, 3.63) is 18.0 Å². The van der Waals surface area contributed by atoms with Crippen molar-refractivity contribution in [2.75, 3.05) is 57.4 Å². The van der Waals surface area contributed by atoms with Crippen LogP contribution >= 0.6 is 0 Å². The van der Waals surface area contributed by atoms with Crippen LogP contribution in [0.25, 0.3) is 0 Å². The first-order valence-corrected chi connectivity index (χ1v) is 10.4. The summed E-state index contributed by atoms with van der Waals surface area (Å²) in [5.74, 6) is -0.198. The predicted molar refractivity (Wildman–Crippen MR) is 106 cm³/mol. The third-order valence-corrected chi connectivity index (χ3v) is 5.39. The van der Waals surface area contributed by atoms with E-state index >= 15 is 0 Å². The Balaban J connectivity index is 1.30. The minimum atomic E-state index is -4.47. The zero-order chi connectivity index (χ0) is 23.1. The number of nitrogens with one attached hydrogen (secondary N) is 2. The molecule has 0 bridgehead atoms. The molecule has 13 heteroatoms. The lowest BCUT2D eigenvalue weighted by atomic mass is 10.0. The Hall–Kier alpha value is -2.51. The molecule has 10 nitrogen and oxygen atoms in total. The van der Waals surface area contributed by atoms with E-state index in [1.165, 1.54) is 0 Å². The van der Waals surface area contributed by atoms with Gasteiger partial charge in [-0.3, -0.25) is 15.0 Å². The number of piperazine rings is 1. The highest BCUT2D eigenvalue weighted by atomic mass is 19.4. The second kappa shape index (κ2) is 10.9. The molecular formula is C19H27F3N6O4. The predicted octanol–water partition coefficient (Wildman–Crippen LogP) is 0.206. The number of aromatic nitrogens is 2. The summed E-state index contributed by atoms with van der Waals surface area (Å²) in [5.41, 5.74) is 4.42. The average molecular weight is 460 g/mol. The van der Waals surface area contributed by atoms with Gasteiger partial charge in [0.1, 0.15) is 0 Å². The number of hydrogen-bond donors (Lipinski definition) is 2. The molecule has 178 valence electrons. The average Bonchev–Trinajstić information content (AvgIpc) is 2.78. The van der Waals surface area contributed by atoms with E-state index in [0.29, 0.717) is 45.9 Å². The molecule has 0 aromatic carbocycles. The number of hydrogen-bond acceptors (Lipinski definition) is 8. The fourth-order valence-electron chi connectivity index (χ4n) is 3.37. The van der Waals surface area contributed by atoms with Crippen LogP contribution in [0.3, 0.4) is 0 Å². The molecule has 2 fully saturated rings. The molecule has 1 aromatic rings. The van der Waals surface area contributed by atoms with Crippen LogP contribution in [0.2, 0.25) is 0 Å². The Labute approximate surface area is 183 Å². The highest BCUT2D eigenvalue weighted by Gasteiger charge is 2.32. The number of carbonyl (C=O) groups excluding carboxylic acids is 2. The maximum atomic E-state index is 12.6. The molecule has 3 heterocycles. The van der Waals surface area contributed by atoms with Gasteiger partial charge in [-0.05, 0) is 0 Å². The first-order valence-electron chi connectivity index (χ1n) is 10.4. The number of amides is 2. The zero-order valence-corrected chi connectivity index (χ0v) is 17.7. The van der Waals surface area contributed by atoms with Gasteiger partial charge >= 0.3 is 6.18 Å². The molecule has 2 aliphatic rings. The molecule has 0 spiro atoms. The fraction of sp³-hybridized carbons (Fsp3) is 0.684. The number of nitrogens with zero attached hydrogens (tertiary/aromatic N) is 4. The van der Waals surface area contributed by atoms with Gasteiger partial charge in [0.15, 0.2) is 0 Å². The summed E-state index contributed by atoms with van der Waals surface area (Å²) < 4.78 is 49.0. The van der Waals surface area contributed by atoms with Crippen LogP contribution in [-0.4, -0.2) is 85.3 Å².